The molecule has 2 heterocycles. The summed E-state index contributed by atoms with van der Waals surface area (Å²) < 4.78 is 5.11. The van der Waals surface area contributed by atoms with Gasteiger partial charge in [-0.1, -0.05) is 51.0 Å². The summed E-state index contributed by atoms with van der Waals surface area (Å²) in [5.74, 6) is -0.418. The summed E-state index contributed by atoms with van der Waals surface area (Å²) in [4.78, 5) is 27.4. The molecule has 1 fully saturated rings. The van der Waals surface area contributed by atoms with Gasteiger partial charge in [0.25, 0.3) is 5.91 Å². The van der Waals surface area contributed by atoms with Crippen molar-refractivity contribution in [2.45, 2.75) is 58.7 Å². The topological polar surface area (TPSA) is 74.6 Å². The lowest BCUT2D eigenvalue weighted by molar-refractivity contribution is -0.124. The fraction of sp³-hybridized carbons (Fsp3) is 0.500. The van der Waals surface area contributed by atoms with Crippen molar-refractivity contribution in [1.82, 2.24) is 15.5 Å². The second-order valence-corrected chi connectivity index (χ2v) is 8.40. The summed E-state index contributed by atoms with van der Waals surface area (Å²) in [6.07, 6.45) is 6.70. The largest absolute Gasteiger partial charge is 0.459 e. The Kier molecular flexibility index (Phi) is 8.08. The molecule has 1 atom stereocenters. The van der Waals surface area contributed by atoms with Crippen molar-refractivity contribution in [2.24, 2.45) is 5.92 Å². The third kappa shape index (κ3) is 6.46. The Morgan fingerprint density at radius 3 is 2.27 bits per heavy atom. The van der Waals surface area contributed by atoms with E-state index in [1.165, 1.54) is 50.6 Å². The van der Waals surface area contributed by atoms with Crippen LogP contribution in [-0.4, -0.2) is 35.8 Å². The molecule has 6 nitrogen and oxygen atoms in total. The summed E-state index contributed by atoms with van der Waals surface area (Å²) in [6, 6.07) is 11.0. The molecule has 0 spiro atoms. The SMILES string of the molecule is CC(C)C(NC(=O)c1ccco1)C(=O)NCc1ccc(CN2CCCCCC2)cc1. The molecule has 1 aliphatic rings. The molecule has 1 aromatic carbocycles. The van der Waals surface area contributed by atoms with Gasteiger partial charge in [0.15, 0.2) is 5.76 Å². The number of hydrogen-bond acceptors (Lipinski definition) is 4. The lowest BCUT2D eigenvalue weighted by atomic mass is 10.0. The number of rotatable bonds is 8. The lowest BCUT2D eigenvalue weighted by Crippen LogP contribution is -2.49. The Labute approximate surface area is 179 Å². The van der Waals surface area contributed by atoms with E-state index in [1.54, 1.807) is 12.1 Å². The smallest absolute Gasteiger partial charge is 0.287 e. The van der Waals surface area contributed by atoms with Gasteiger partial charge in [-0.2, -0.15) is 0 Å². The number of furan rings is 1. The minimum absolute atomic E-state index is 0.0417. The minimum Gasteiger partial charge on any atom is -0.459 e. The van der Waals surface area contributed by atoms with Crippen molar-refractivity contribution in [3.05, 3.63) is 59.5 Å². The van der Waals surface area contributed by atoms with Gasteiger partial charge in [0.05, 0.1) is 6.26 Å². The monoisotopic (exact) mass is 411 g/mol. The maximum Gasteiger partial charge on any atom is 0.287 e. The molecule has 3 rings (SSSR count). The van der Waals surface area contributed by atoms with Crippen LogP contribution in [0.25, 0.3) is 0 Å². The van der Waals surface area contributed by atoms with Crippen LogP contribution in [-0.2, 0) is 17.9 Å². The summed E-state index contributed by atoms with van der Waals surface area (Å²) in [7, 11) is 0. The van der Waals surface area contributed by atoms with E-state index in [9.17, 15) is 9.59 Å². The number of benzene rings is 1. The highest BCUT2D eigenvalue weighted by Crippen LogP contribution is 2.14. The normalized spacial score (nSPS) is 16.1. The van der Waals surface area contributed by atoms with Crippen molar-refractivity contribution in [1.29, 1.82) is 0 Å². The number of likely N-dealkylation sites (tertiary alicyclic amines) is 1. The first-order chi connectivity index (χ1) is 14.5. The van der Waals surface area contributed by atoms with Crippen LogP contribution in [0, 0.1) is 5.92 Å². The molecule has 2 amide bonds. The number of nitrogens with one attached hydrogen (secondary N) is 2. The molecule has 30 heavy (non-hydrogen) atoms. The summed E-state index contributed by atoms with van der Waals surface area (Å²) in [5, 5.41) is 5.71. The van der Waals surface area contributed by atoms with Crippen molar-refractivity contribution < 1.29 is 14.0 Å². The Hall–Kier alpha value is -2.60. The Balaban J connectivity index is 1.50. The maximum atomic E-state index is 12.7. The van der Waals surface area contributed by atoms with E-state index in [1.807, 2.05) is 13.8 Å². The predicted octanol–water partition coefficient (Wildman–Crippen LogP) is 3.73. The highest BCUT2D eigenvalue weighted by atomic mass is 16.3. The zero-order valence-electron chi connectivity index (χ0n) is 18.0. The number of amides is 2. The van der Waals surface area contributed by atoms with Gasteiger partial charge in [-0.25, -0.2) is 0 Å². The van der Waals surface area contributed by atoms with Gasteiger partial charge in [0.1, 0.15) is 6.04 Å². The van der Waals surface area contributed by atoms with Crippen LogP contribution >= 0.6 is 0 Å². The molecule has 2 N–H and O–H groups in total. The van der Waals surface area contributed by atoms with Crippen molar-refractivity contribution in [3.63, 3.8) is 0 Å². The van der Waals surface area contributed by atoms with E-state index in [4.69, 9.17) is 4.42 Å². The quantitative estimate of drug-likeness (QED) is 0.694. The van der Waals surface area contributed by atoms with E-state index < -0.39 is 6.04 Å². The van der Waals surface area contributed by atoms with Crippen LogP contribution in [0.15, 0.2) is 47.1 Å². The Morgan fingerprint density at radius 1 is 1.00 bits per heavy atom. The molecule has 6 heteroatoms. The third-order valence-electron chi connectivity index (χ3n) is 5.58. The first kappa shape index (κ1) is 22.1. The lowest BCUT2D eigenvalue weighted by Gasteiger charge is -2.21. The number of carbonyl (C=O) groups excluding carboxylic acids is 2. The van der Waals surface area contributed by atoms with E-state index in [0.29, 0.717) is 6.54 Å². The van der Waals surface area contributed by atoms with Gasteiger partial charge in [0, 0.05) is 13.1 Å². The van der Waals surface area contributed by atoms with E-state index in [-0.39, 0.29) is 23.5 Å². The van der Waals surface area contributed by atoms with Gasteiger partial charge in [0.2, 0.25) is 5.91 Å². The van der Waals surface area contributed by atoms with Crippen LogP contribution in [0.1, 0.15) is 61.2 Å². The van der Waals surface area contributed by atoms with Gasteiger partial charge in [-0.05, 0) is 55.1 Å². The molecular formula is C24H33N3O3. The highest BCUT2D eigenvalue weighted by Gasteiger charge is 2.25. The molecule has 0 saturated carbocycles. The van der Waals surface area contributed by atoms with E-state index >= 15 is 0 Å². The van der Waals surface area contributed by atoms with E-state index in [0.717, 1.165) is 12.1 Å². The zero-order chi connectivity index (χ0) is 21.3. The molecule has 2 aromatic rings. The van der Waals surface area contributed by atoms with Crippen molar-refractivity contribution in [3.8, 4) is 0 Å². The summed E-state index contributed by atoms with van der Waals surface area (Å²) in [5.41, 5.74) is 2.35. The van der Waals surface area contributed by atoms with Gasteiger partial charge in [-0.15, -0.1) is 0 Å². The molecule has 0 aliphatic carbocycles. The van der Waals surface area contributed by atoms with Gasteiger partial charge < -0.3 is 15.1 Å². The van der Waals surface area contributed by atoms with Gasteiger partial charge in [-0.3, -0.25) is 14.5 Å². The van der Waals surface area contributed by atoms with Crippen LogP contribution < -0.4 is 10.6 Å². The first-order valence-electron chi connectivity index (χ1n) is 10.9. The number of carbonyl (C=O) groups is 2. The summed E-state index contributed by atoms with van der Waals surface area (Å²) in [6.45, 7) is 7.59. The zero-order valence-corrected chi connectivity index (χ0v) is 18.0. The fourth-order valence-electron chi connectivity index (χ4n) is 3.77. The molecule has 1 unspecified atom stereocenters. The molecule has 1 aliphatic heterocycles. The average Bonchev–Trinajstić information content (AvgIpc) is 3.16. The van der Waals surface area contributed by atoms with Gasteiger partial charge >= 0.3 is 0 Å². The average molecular weight is 412 g/mol. The van der Waals surface area contributed by atoms with Crippen LogP contribution in [0.2, 0.25) is 0 Å². The Morgan fingerprint density at radius 2 is 1.67 bits per heavy atom. The second-order valence-electron chi connectivity index (χ2n) is 8.40. The standard InChI is InChI=1S/C24H33N3O3/c1-18(2)22(26-23(28)21-8-7-15-30-21)24(29)25-16-19-9-11-20(12-10-19)17-27-13-5-3-4-6-14-27/h7-12,15,18,22H,3-6,13-14,16-17H2,1-2H3,(H,25,29)(H,26,28). The Bertz CT molecular complexity index is 792. The molecule has 1 saturated heterocycles. The van der Waals surface area contributed by atoms with Crippen LogP contribution in [0.3, 0.4) is 0 Å². The number of nitrogens with zero attached hydrogens (tertiary/aromatic N) is 1. The molecule has 0 radical (unpaired) electrons. The van der Waals surface area contributed by atoms with Crippen LogP contribution in [0.4, 0.5) is 0 Å². The number of hydrogen-bond donors (Lipinski definition) is 2. The summed E-state index contributed by atoms with van der Waals surface area (Å²) >= 11 is 0. The molecular weight excluding hydrogens is 378 g/mol. The third-order valence-corrected chi connectivity index (χ3v) is 5.58. The molecule has 1 aromatic heterocycles. The molecule has 0 bridgehead atoms. The maximum absolute atomic E-state index is 12.7. The van der Waals surface area contributed by atoms with Crippen molar-refractivity contribution in [2.75, 3.05) is 13.1 Å². The van der Waals surface area contributed by atoms with E-state index in [2.05, 4.69) is 39.8 Å². The first-order valence-corrected chi connectivity index (χ1v) is 10.9. The predicted molar refractivity (Wildman–Crippen MR) is 117 cm³/mol. The van der Waals surface area contributed by atoms with Crippen molar-refractivity contribution >= 4 is 11.8 Å². The minimum atomic E-state index is -0.620. The highest BCUT2D eigenvalue weighted by molar-refractivity contribution is 5.95. The molecule has 162 valence electrons. The van der Waals surface area contributed by atoms with Crippen LogP contribution in [0.5, 0.6) is 0 Å². The fourth-order valence-corrected chi connectivity index (χ4v) is 3.77. The second kappa shape index (κ2) is 11.0.